The van der Waals surface area contributed by atoms with E-state index in [1.807, 2.05) is 39.0 Å². The van der Waals surface area contributed by atoms with Gasteiger partial charge in [-0.25, -0.2) is 0 Å². The molecule has 0 saturated carbocycles. The third-order valence-electron chi connectivity index (χ3n) is 4.87. The highest BCUT2D eigenvalue weighted by atomic mass is 16.5. The average Bonchev–Trinajstić information content (AvgIpc) is 3.08. The maximum absolute atomic E-state index is 13.2. The van der Waals surface area contributed by atoms with Crippen LogP contribution in [0, 0.1) is 22.7 Å². The number of ether oxygens (including phenoxy) is 1. The second-order valence-corrected chi connectivity index (χ2v) is 7.36. The van der Waals surface area contributed by atoms with Crippen molar-refractivity contribution in [2.24, 2.45) is 5.92 Å². The molecule has 0 fully saturated rings. The van der Waals surface area contributed by atoms with Crippen LogP contribution in [0.3, 0.4) is 0 Å². The largest absolute Gasteiger partial charge is 0.422 e. The number of carbonyl (C=O) groups is 1. The van der Waals surface area contributed by atoms with Gasteiger partial charge in [0, 0.05) is 16.8 Å². The summed E-state index contributed by atoms with van der Waals surface area (Å²) in [5.74, 6) is -1.48. The van der Waals surface area contributed by atoms with Gasteiger partial charge in [-0.15, -0.1) is 5.10 Å². The predicted octanol–water partition coefficient (Wildman–Crippen LogP) is 2.45. The number of H-pyrrole nitrogens is 1. The predicted molar refractivity (Wildman–Crippen MR) is 90.6 cm³/mol. The quantitative estimate of drug-likeness (QED) is 0.686. The minimum atomic E-state index is -1.34. The summed E-state index contributed by atoms with van der Waals surface area (Å²) in [6.07, 6.45) is 0. The third kappa shape index (κ3) is 1.76. The molecule has 2 atom stereocenters. The SMILES string of the molecule is CC(C)(C)c1[nH]nc2c1C1(C(=O)Nc3ccccc31)C(C#N)C(=N)O2. The summed E-state index contributed by atoms with van der Waals surface area (Å²) in [5, 5.41) is 28.0. The minimum Gasteiger partial charge on any atom is -0.422 e. The number of para-hydroxylation sites is 1. The Hall–Kier alpha value is -3.14. The lowest BCUT2D eigenvalue weighted by Crippen LogP contribution is -2.50. The lowest BCUT2D eigenvalue weighted by molar-refractivity contribution is -0.120. The number of hydrogen-bond acceptors (Lipinski definition) is 5. The van der Waals surface area contributed by atoms with Gasteiger partial charge in [0.25, 0.3) is 0 Å². The lowest BCUT2D eigenvalue weighted by Gasteiger charge is -2.37. The van der Waals surface area contributed by atoms with Gasteiger partial charge in [0.1, 0.15) is 11.3 Å². The Morgan fingerprint density at radius 2 is 2.08 bits per heavy atom. The number of benzene rings is 1. The fourth-order valence-electron chi connectivity index (χ4n) is 3.78. The first-order chi connectivity index (χ1) is 11.8. The number of hydrogen-bond donors (Lipinski definition) is 3. The van der Waals surface area contributed by atoms with Gasteiger partial charge in [-0.3, -0.25) is 15.3 Å². The Kier molecular flexibility index (Phi) is 2.89. The number of nitriles is 1. The number of aromatic nitrogens is 2. The third-order valence-corrected chi connectivity index (χ3v) is 4.87. The molecule has 0 radical (unpaired) electrons. The highest BCUT2D eigenvalue weighted by Crippen LogP contribution is 2.55. The molecule has 1 amide bonds. The van der Waals surface area contributed by atoms with E-state index < -0.39 is 11.3 Å². The van der Waals surface area contributed by atoms with Crippen LogP contribution >= 0.6 is 0 Å². The number of rotatable bonds is 0. The molecule has 1 aromatic carbocycles. The van der Waals surface area contributed by atoms with E-state index in [1.165, 1.54) is 0 Å². The van der Waals surface area contributed by atoms with Crippen LogP contribution in [0.5, 0.6) is 5.88 Å². The Morgan fingerprint density at radius 1 is 1.36 bits per heavy atom. The molecule has 126 valence electrons. The molecular formula is C18H17N5O2. The van der Waals surface area contributed by atoms with Crippen molar-refractivity contribution in [3.05, 3.63) is 41.1 Å². The molecule has 1 spiro atoms. The summed E-state index contributed by atoms with van der Waals surface area (Å²) in [6, 6.07) is 9.38. The van der Waals surface area contributed by atoms with E-state index in [9.17, 15) is 10.1 Å². The molecule has 7 nitrogen and oxygen atoms in total. The van der Waals surface area contributed by atoms with E-state index >= 15 is 0 Å². The fraction of sp³-hybridized carbons (Fsp3) is 0.333. The molecule has 2 aliphatic heterocycles. The fourth-order valence-corrected chi connectivity index (χ4v) is 3.78. The summed E-state index contributed by atoms with van der Waals surface area (Å²) in [4.78, 5) is 13.2. The van der Waals surface area contributed by atoms with Crippen LogP contribution < -0.4 is 10.1 Å². The van der Waals surface area contributed by atoms with Crippen LogP contribution in [0.2, 0.25) is 0 Å². The van der Waals surface area contributed by atoms with E-state index in [0.717, 1.165) is 5.69 Å². The van der Waals surface area contributed by atoms with Gasteiger partial charge >= 0.3 is 0 Å². The molecule has 25 heavy (non-hydrogen) atoms. The number of aromatic amines is 1. The Balaban J connectivity index is 2.15. The normalized spacial score (nSPS) is 24.3. The molecule has 2 unspecified atom stereocenters. The van der Waals surface area contributed by atoms with E-state index in [4.69, 9.17) is 10.1 Å². The van der Waals surface area contributed by atoms with Gasteiger partial charge in [-0.2, -0.15) is 5.26 Å². The van der Waals surface area contributed by atoms with Crippen molar-refractivity contribution in [3.8, 4) is 11.9 Å². The van der Waals surface area contributed by atoms with Crippen molar-refractivity contribution in [2.45, 2.75) is 31.6 Å². The zero-order valence-electron chi connectivity index (χ0n) is 14.1. The molecule has 2 aromatic rings. The van der Waals surface area contributed by atoms with Gasteiger partial charge in [-0.1, -0.05) is 39.0 Å². The molecule has 0 saturated heterocycles. The summed E-state index contributed by atoms with van der Waals surface area (Å²) in [6.45, 7) is 5.98. The first-order valence-corrected chi connectivity index (χ1v) is 7.98. The zero-order chi connectivity index (χ0) is 18.0. The molecule has 7 heteroatoms. The van der Waals surface area contributed by atoms with Crippen LogP contribution in [-0.4, -0.2) is 22.0 Å². The summed E-state index contributed by atoms with van der Waals surface area (Å²) in [7, 11) is 0. The van der Waals surface area contributed by atoms with E-state index in [1.54, 1.807) is 6.07 Å². The number of fused-ring (bicyclic) bond motifs is 4. The van der Waals surface area contributed by atoms with Gasteiger partial charge in [0.05, 0.1) is 11.6 Å². The Bertz CT molecular complexity index is 963. The standard InChI is InChI=1S/C18H17N5O2/c1-17(2,3)13-12-15(23-22-13)25-14(20)10(8-19)18(12)9-6-4-5-7-11(9)21-16(18)24/h4-7,10,20H,1-3H3,(H,21,24)(H,22,23). The van der Waals surface area contributed by atoms with Crippen LogP contribution in [0.1, 0.15) is 37.6 Å². The molecule has 3 heterocycles. The molecule has 3 N–H and O–H groups in total. The highest BCUT2D eigenvalue weighted by molar-refractivity contribution is 6.13. The average molecular weight is 335 g/mol. The molecule has 4 rings (SSSR count). The Labute approximate surface area is 144 Å². The number of carbonyl (C=O) groups excluding carboxylic acids is 1. The first kappa shape index (κ1) is 15.4. The maximum Gasteiger partial charge on any atom is 0.244 e. The van der Waals surface area contributed by atoms with Crippen molar-refractivity contribution in [3.63, 3.8) is 0 Å². The van der Waals surface area contributed by atoms with Crippen LogP contribution in [0.4, 0.5) is 5.69 Å². The van der Waals surface area contributed by atoms with Gasteiger partial charge in [0.2, 0.25) is 17.7 Å². The number of anilines is 1. The molecule has 0 aliphatic carbocycles. The van der Waals surface area contributed by atoms with Gasteiger partial charge < -0.3 is 10.1 Å². The Morgan fingerprint density at radius 3 is 2.76 bits per heavy atom. The minimum absolute atomic E-state index is 0.188. The topological polar surface area (TPSA) is 115 Å². The van der Waals surface area contributed by atoms with E-state index in [2.05, 4.69) is 21.6 Å². The van der Waals surface area contributed by atoms with Crippen LogP contribution in [0.25, 0.3) is 0 Å². The van der Waals surface area contributed by atoms with Crippen molar-refractivity contribution in [2.75, 3.05) is 5.32 Å². The summed E-state index contributed by atoms with van der Waals surface area (Å²) >= 11 is 0. The van der Waals surface area contributed by atoms with Crippen molar-refractivity contribution in [1.29, 1.82) is 10.7 Å². The molecular weight excluding hydrogens is 318 g/mol. The smallest absolute Gasteiger partial charge is 0.244 e. The summed E-state index contributed by atoms with van der Waals surface area (Å²) in [5.41, 5.74) is 0.897. The first-order valence-electron chi connectivity index (χ1n) is 7.98. The van der Waals surface area contributed by atoms with Gasteiger partial charge in [0.15, 0.2) is 0 Å². The van der Waals surface area contributed by atoms with Gasteiger partial charge in [-0.05, 0) is 11.6 Å². The van der Waals surface area contributed by atoms with Crippen LogP contribution in [0.15, 0.2) is 24.3 Å². The highest BCUT2D eigenvalue weighted by Gasteiger charge is 2.62. The van der Waals surface area contributed by atoms with Crippen molar-refractivity contribution >= 4 is 17.5 Å². The number of nitrogens with zero attached hydrogens (tertiary/aromatic N) is 2. The molecule has 1 aromatic heterocycles. The zero-order valence-corrected chi connectivity index (χ0v) is 14.1. The number of nitrogens with one attached hydrogen (secondary N) is 3. The maximum atomic E-state index is 13.2. The van der Waals surface area contributed by atoms with Crippen LogP contribution in [-0.2, 0) is 15.6 Å². The van der Waals surface area contributed by atoms with E-state index in [-0.39, 0.29) is 23.1 Å². The summed E-state index contributed by atoms with van der Waals surface area (Å²) < 4.78 is 5.50. The monoisotopic (exact) mass is 335 g/mol. The number of amides is 1. The van der Waals surface area contributed by atoms with Crippen molar-refractivity contribution < 1.29 is 9.53 Å². The van der Waals surface area contributed by atoms with E-state index in [0.29, 0.717) is 16.8 Å². The lowest BCUT2D eigenvalue weighted by atomic mass is 9.63. The molecule has 2 aliphatic rings. The molecule has 0 bridgehead atoms. The van der Waals surface area contributed by atoms with Crippen molar-refractivity contribution in [1.82, 2.24) is 10.2 Å². The second-order valence-electron chi connectivity index (χ2n) is 7.36. The second kappa shape index (κ2) is 4.70.